The largest absolute Gasteiger partial charge is 0.368 e. The Hall–Kier alpha value is -2.46. The number of carbonyl (C=O) groups excluding carboxylic acids is 2. The number of primary amides is 1. The highest BCUT2D eigenvalue weighted by Gasteiger charge is 2.24. The Labute approximate surface area is 163 Å². The van der Waals surface area contributed by atoms with Gasteiger partial charge < -0.3 is 20.5 Å². The van der Waals surface area contributed by atoms with Gasteiger partial charge in [-0.05, 0) is 19.1 Å². The van der Waals surface area contributed by atoms with E-state index >= 15 is 0 Å². The Balaban J connectivity index is 1.61. The Kier molecular flexibility index (Phi) is 5.76. The second kappa shape index (κ2) is 8.05. The maximum atomic E-state index is 14.1. The smallest absolute Gasteiger partial charge is 0.253 e. The third-order valence-corrected chi connectivity index (χ3v) is 4.71. The summed E-state index contributed by atoms with van der Waals surface area (Å²) >= 11 is 3.25. The van der Waals surface area contributed by atoms with Crippen LogP contribution in [0.25, 0.3) is 0 Å². The van der Waals surface area contributed by atoms with Crippen LogP contribution < -0.4 is 16.0 Å². The number of hydrogen-bond acceptors (Lipinski definition) is 6. The molecular weight excluding hydrogens is 421 g/mol. The van der Waals surface area contributed by atoms with Gasteiger partial charge in [-0.3, -0.25) is 14.5 Å². The molecular formula is C17H19BrFN5O3. The number of halogens is 2. The highest BCUT2D eigenvalue weighted by atomic mass is 79.9. The van der Waals surface area contributed by atoms with Crippen LogP contribution >= 0.6 is 15.9 Å². The van der Waals surface area contributed by atoms with Crippen molar-refractivity contribution in [2.75, 3.05) is 42.9 Å². The lowest BCUT2D eigenvalue weighted by Gasteiger charge is -2.36. The molecule has 0 aliphatic carbocycles. The van der Waals surface area contributed by atoms with Crippen LogP contribution in [0.3, 0.4) is 0 Å². The minimum atomic E-state index is -0.806. The molecule has 2 amide bonds. The number of benzene rings is 1. The van der Waals surface area contributed by atoms with E-state index in [2.05, 4.69) is 26.4 Å². The maximum Gasteiger partial charge on any atom is 0.253 e. The van der Waals surface area contributed by atoms with Gasteiger partial charge in [-0.25, -0.2) is 4.39 Å². The van der Waals surface area contributed by atoms with Crippen LogP contribution in [0.2, 0.25) is 0 Å². The van der Waals surface area contributed by atoms with Crippen molar-refractivity contribution in [3.63, 3.8) is 0 Å². The van der Waals surface area contributed by atoms with Crippen LogP contribution in [0.1, 0.15) is 16.1 Å². The van der Waals surface area contributed by atoms with E-state index in [1.54, 1.807) is 19.1 Å². The topological polar surface area (TPSA) is 105 Å². The van der Waals surface area contributed by atoms with Gasteiger partial charge >= 0.3 is 0 Å². The van der Waals surface area contributed by atoms with E-state index in [-0.39, 0.29) is 18.0 Å². The average Bonchev–Trinajstić information content (AvgIpc) is 2.99. The summed E-state index contributed by atoms with van der Waals surface area (Å²) in [5, 5.41) is 6.40. The second-order valence-corrected chi connectivity index (χ2v) is 7.20. The highest BCUT2D eigenvalue weighted by molar-refractivity contribution is 9.10. The summed E-state index contributed by atoms with van der Waals surface area (Å²) in [6.07, 6.45) is 0. The van der Waals surface area contributed by atoms with Crippen LogP contribution in [0.4, 0.5) is 15.9 Å². The van der Waals surface area contributed by atoms with E-state index in [9.17, 15) is 14.0 Å². The number of anilines is 2. The van der Waals surface area contributed by atoms with Crippen molar-refractivity contribution in [2.24, 2.45) is 5.73 Å². The quantitative estimate of drug-likeness (QED) is 0.734. The Morgan fingerprint density at radius 3 is 2.59 bits per heavy atom. The lowest BCUT2D eigenvalue weighted by atomic mass is 10.1. The van der Waals surface area contributed by atoms with Crippen LogP contribution in [0, 0.1) is 12.7 Å². The van der Waals surface area contributed by atoms with Gasteiger partial charge in [0.25, 0.3) is 5.91 Å². The van der Waals surface area contributed by atoms with E-state index in [0.29, 0.717) is 47.9 Å². The number of amides is 2. The highest BCUT2D eigenvalue weighted by Crippen LogP contribution is 2.28. The average molecular weight is 440 g/mol. The molecule has 1 aliphatic heterocycles. The van der Waals surface area contributed by atoms with Crippen molar-refractivity contribution in [3.05, 3.63) is 39.8 Å². The predicted molar refractivity (Wildman–Crippen MR) is 101 cm³/mol. The number of aromatic nitrogens is 1. The lowest BCUT2D eigenvalue weighted by molar-refractivity contribution is -0.117. The molecule has 144 valence electrons. The van der Waals surface area contributed by atoms with E-state index in [0.717, 1.165) is 0 Å². The summed E-state index contributed by atoms with van der Waals surface area (Å²) in [4.78, 5) is 27.6. The van der Waals surface area contributed by atoms with Crippen molar-refractivity contribution < 1.29 is 18.5 Å². The monoisotopic (exact) mass is 439 g/mol. The van der Waals surface area contributed by atoms with Gasteiger partial charge in [0.1, 0.15) is 11.6 Å². The van der Waals surface area contributed by atoms with Gasteiger partial charge in [-0.1, -0.05) is 21.1 Å². The summed E-state index contributed by atoms with van der Waals surface area (Å²) in [7, 11) is 0. The molecule has 3 N–H and O–H groups in total. The van der Waals surface area contributed by atoms with Gasteiger partial charge in [0.05, 0.1) is 17.8 Å². The molecule has 27 heavy (non-hydrogen) atoms. The van der Waals surface area contributed by atoms with Crippen LogP contribution in [-0.4, -0.2) is 54.6 Å². The third kappa shape index (κ3) is 4.64. The Morgan fingerprint density at radius 1 is 1.30 bits per heavy atom. The number of piperazine rings is 1. The SMILES string of the molecule is Cc1cc(NC(=O)CN2CCN(c3cc(Br)cc(F)c3C(N)=O)CC2)no1. The molecule has 0 bridgehead atoms. The maximum absolute atomic E-state index is 14.1. The Morgan fingerprint density at radius 2 is 2.00 bits per heavy atom. The van der Waals surface area contributed by atoms with Crippen molar-refractivity contribution in [1.82, 2.24) is 10.1 Å². The fraction of sp³-hybridized carbons (Fsp3) is 0.353. The fourth-order valence-corrected chi connectivity index (χ4v) is 3.43. The zero-order chi connectivity index (χ0) is 19.6. The van der Waals surface area contributed by atoms with E-state index in [4.69, 9.17) is 10.3 Å². The van der Waals surface area contributed by atoms with Crippen LogP contribution in [-0.2, 0) is 4.79 Å². The first-order valence-electron chi connectivity index (χ1n) is 8.33. The molecule has 1 aromatic carbocycles. The minimum absolute atomic E-state index is 0.120. The number of rotatable bonds is 5. The van der Waals surface area contributed by atoms with Gasteiger partial charge in [-0.2, -0.15) is 0 Å². The molecule has 10 heteroatoms. The molecule has 1 aliphatic rings. The van der Waals surface area contributed by atoms with Crippen molar-refractivity contribution in [1.29, 1.82) is 0 Å². The van der Waals surface area contributed by atoms with Gasteiger partial charge in [0.15, 0.2) is 5.82 Å². The summed E-state index contributed by atoms with van der Waals surface area (Å²) in [6.45, 7) is 4.18. The first kappa shape index (κ1) is 19.3. The summed E-state index contributed by atoms with van der Waals surface area (Å²) in [6, 6.07) is 4.54. The molecule has 1 aromatic heterocycles. The molecule has 2 heterocycles. The standard InChI is InChI=1S/C17H19BrFN5O3/c1-10-6-14(22-27-10)21-15(25)9-23-2-4-24(5-3-23)13-8-11(18)7-12(19)16(13)17(20)26/h6-8H,2-5,9H2,1H3,(H2,20,26)(H,21,22,25). The third-order valence-electron chi connectivity index (χ3n) is 4.26. The first-order chi connectivity index (χ1) is 12.8. The van der Waals surface area contributed by atoms with Gasteiger partial charge in [-0.15, -0.1) is 0 Å². The van der Waals surface area contributed by atoms with E-state index in [1.807, 2.05) is 9.80 Å². The molecule has 3 rings (SSSR count). The number of aryl methyl sites for hydroxylation is 1. The molecule has 1 fully saturated rings. The number of nitrogens with one attached hydrogen (secondary N) is 1. The summed E-state index contributed by atoms with van der Waals surface area (Å²) < 4.78 is 19.6. The summed E-state index contributed by atoms with van der Waals surface area (Å²) in [5.41, 5.74) is 5.68. The van der Waals surface area contributed by atoms with Gasteiger partial charge in [0, 0.05) is 36.7 Å². The van der Waals surface area contributed by atoms with Gasteiger partial charge in [0.2, 0.25) is 5.91 Å². The Bertz CT molecular complexity index is 864. The first-order valence-corrected chi connectivity index (χ1v) is 9.12. The summed E-state index contributed by atoms with van der Waals surface area (Å²) in [5.74, 6) is -0.656. The van der Waals surface area contributed by atoms with E-state index in [1.165, 1.54) is 6.07 Å². The van der Waals surface area contributed by atoms with E-state index < -0.39 is 11.7 Å². The zero-order valence-corrected chi connectivity index (χ0v) is 16.3. The van der Waals surface area contributed by atoms with Crippen LogP contribution in [0.5, 0.6) is 0 Å². The van der Waals surface area contributed by atoms with Crippen molar-refractivity contribution >= 4 is 39.2 Å². The van der Waals surface area contributed by atoms with Crippen molar-refractivity contribution in [3.8, 4) is 0 Å². The second-order valence-electron chi connectivity index (χ2n) is 6.28. The molecule has 0 spiro atoms. The minimum Gasteiger partial charge on any atom is -0.368 e. The normalized spacial score (nSPS) is 15.0. The number of carbonyl (C=O) groups is 2. The molecule has 0 unspecified atom stereocenters. The molecule has 0 radical (unpaired) electrons. The molecule has 0 saturated carbocycles. The molecule has 1 saturated heterocycles. The molecule has 8 nitrogen and oxygen atoms in total. The van der Waals surface area contributed by atoms with Crippen molar-refractivity contribution in [2.45, 2.75) is 6.92 Å². The number of nitrogens with two attached hydrogens (primary N) is 1. The number of nitrogens with zero attached hydrogens (tertiary/aromatic N) is 3. The molecule has 0 atom stereocenters. The lowest BCUT2D eigenvalue weighted by Crippen LogP contribution is -2.49. The fourth-order valence-electron chi connectivity index (χ4n) is 3.01. The van der Waals surface area contributed by atoms with Crippen LogP contribution in [0.15, 0.2) is 27.2 Å². The number of hydrogen-bond donors (Lipinski definition) is 2. The molecule has 2 aromatic rings. The zero-order valence-electron chi connectivity index (χ0n) is 14.7. The predicted octanol–water partition coefficient (Wildman–Crippen LogP) is 1.74.